The summed E-state index contributed by atoms with van der Waals surface area (Å²) in [5, 5.41) is 11.0. The molecule has 2 aromatic rings. The van der Waals surface area contributed by atoms with Gasteiger partial charge in [0.15, 0.2) is 11.0 Å². The number of aromatic nitrogens is 2. The largest absolute Gasteiger partial charge is 0.354 e. The molecule has 1 aliphatic rings. The maximum Gasteiger partial charge on any atom is 0.159 e. The highest BCUT2D eigenvalue weighted by Crippen LogP contribution is 2.33. The second kappa shape index (κ2) is 5.57. The van der Waals surface area contributed by atoms with Gasteiger partial charge in [0.25, 0.3) is 0 Å². The summed E-state index contributed by atoms with van der Waals surface area (Å²) < 4.78 is 0. The predicted octanol–water partition coefficient (Wildman–Crippen LogP) is 4.30. The van der Waals surface area contributed by atoms with Crippen LogP contribution in [0.5, 0.6) is 0 Å². The lowest BCUT2D eigenvalue weighted by molar-refractivity contribution is 0.320. The van der Waals surface area contributed by atoms with Crippen molar-refractivity contribution >= 4 is 28.2 Å². The molecule has 0 N–H and O–H groups in total. The molecule has 3 nitrogen and oxygen atoms in total. The Labute approximate surface area is 124 Å². The van der Waals surface area contributed by atoms with Crippen LogP contribution >= 0.6 is 11.6 Å². The van der Waals surface area contributed by atoms with Crippen LogP contribution < -0.4 is 4.90 Å². The second-order valence-electron chi connectivity index (χ2n) is 5.80. The van der Waals surface area contributed by atoms with Gasteiger partial charge in [-0.2, -0.15) is 0 Å². The third-order valence-corrected chi connectivity index (χ3v) is 4.80. The van der Waals surface area contributed by atoms with E-state index in [1.54, 1.807) is 0 Å². The maximum absolute atomic E-state index is 6.16. The molecule has 1 aliphatic carbocycles. The third-order valence-electron chi connectivity index (χ3n) is 4.52. The summed E-state index contributed by atoms with van der Waals surface area (Å²) in [5.74, 6) is 1.65. The van der Waals surface area contributed by atoms with Crippen LogP contribution in [0.2, 0.25) is 5.15 Å². The number of fused-ring (bicyclic) bond motifs is 1. The Morgan fingerprint density at radius 1 is 1.10 bits per heavy atom. The number of rotatable bonds is 2. The number of anilines is 1. The van der Waals surface area contributed by atoms with Crippen LogP contribution in [-0.4, -0.2) is 23.3 Å². The average molecular weight is 290 g/mol. The fraction of sp³-hybridized carbons (Fsp3) is 0.500. The molecule has 0 spiro atoms. The molecule has 2 atom stereocenters. The minimum absolute atomic E-state index is 0.481. The van der Waals surface area contributed by atoms with Crippen molar-refractivity contribution in [2.24, 2.45) is 5.92 Å². The minimum Gasteiger partial charge on any atom is -0.354 e. The molecule has 3 rings (SSSR count). The Morgan fingerprint density at radius 3 is 2.55 bits per heavy atom. The van der Waals surface area contributed by atoms with Crippen molar-refractivity contribution in [3.8, 4) is 0 Å². The van der Waals surface area contributed by atoms with E-state index in [9.17, 15) is 0 Å². The highest BCUT2D eigenvalue weighted by molar-refractivity contribution is 6.34. The lowest BCUT2D eigenvalue weighted by Gasteiger charge is -2.37. The minimum atomic E-state index is 0.481. The van der Waals surface area contributed by atoms with E-state index < -0.39 is 0 Å². The van der Waals surface area contributed by atoms with Crippen LogP contribution in [0.4, 0.5) is 5.82 Å². The molecule has 0 aliphatic heterocycles. The van der Waals surface area contributed by atoms with Crippen LogP contribution in [0.15, 0.2) is 24.3 Å². The number of nitrogens with zero attached hydrogens (tertiary/aromatic N) is 3. The molecule has 2 unspecified atom stereocenters. The van der Waals surface area contributed by atoms with Crippen molar-refractivity contribution < 1.29 is 0 Å². The molecule has 1 saturated carbocycles. The fourth-order valence-electron chi connectivity index (χ4n) is 3.35. The topological polar surface area (TPSA) is 29.0 Å². The first-order chi connectivity index (χ1) is 9.68. The van der Waals surface area contributed by atoms with Gasteiger partial charge >= 0.3 is 0 Å². The van der Waals surface area contributed by atoms with Gasteiger partial charge in [-0.05, 0) is 18.8 Å². The van der Waals surface area contributed by atoms with Crippen LogP contribution in [0, 0.1) is 5.92 Å². The normalized spacial score (nSPS) is 22.9. The van der Waals surface area contributed by atoms with Crippen molar-refractivity contribution in [1.29, 1.82) is 0 Å². The molecule has 0 amide bonds. The molecule has 1 heterocycles. The first kappa shape index (κ1) is 13.6. The van der Waals surface area contributed by atoms with E-state index in [0.29, 0.717) is 17.1 Å². The maximum atomic E-state index is 6.16. The molecule has 1 aromatic carbocycles. The van der Waals surface area contributed by atoms with Gasteiger partial charge in [-0.1, -0.05) is 55.6 Å². The van der Waals surface area contributed by atoms with Crippen molar-refractivity contribution in [3.05, 3.63) is 29.4 Å². The first-order valence-electron chi connectivity index (χ1n) is 7.32. The van der Waals surface area contributed by atoms with Crippen molar-refractivity contribution in [2.45, 2.75) is 38.6 Å². The van der Waals surface area contributed by atoms with E-state index in [1.165, 1.54) is 25.7 Å². The van der Waals surface area contributed by atoms with E-state index in [0.717, 1.165) is 16.6 Å². The molecule has 1 aromatic heterocycles. The Kier molecular flexibility index (Phi) is 3.79. The molecule has 1 fully saturated rings. The number of halogens is 1. The van der Waals surface area contributed by atoms with Gasteiger partial charge in [0.2, 0.25) is 0 Å². The zero-order valence-electron chi connectivity index (χ0n) is 12.0. The number of hydrogen-bond donors (Lipinski definition) is 0. The average Bonchev–Trinajstić information content (AvgIpc) is 2.48. The Hall–Kier alpha value is -1.35. The van der Waals surface area contributed by atoms with Crippen molar-refractivity contribution in [1.82, 2.24) is 10.2 Å². The zero-order valence-corrected chi connectivity index (χ0v) is 12.8. The van der Waals surface area contributed by atoms with E-state index in [2.05, 4.69) is 35.1 Å². The SMILES string of the molecule is CC1CCCCC1N(C)c1nnc(Cl)c2ccccc12. The number of benzene rings is 1. The van der Waals surface area contributed by atoms with E-state index in [1.807, 2.05) is 18.2 Å². The van der Waals surface area contributed by atoms with Gasteiger partial charge < -0.3 is 4.90 Å². The summed E-state index contributed by atoms with van der Waals surface area (Å²) in [6.07, 6.45) is 5.18. The summed E-state index contributed by atoms with van der Waals surface area (Å²) in [5.41, 5.74) is 0. The van der Waals surface area contributed by atoms with Crippen molar-refractivity contribution in [2.75, 3.05) is 11.9 Å². The first-order valence-corrected chi connectivity index (χ1v) is 7.70. The lowest BCUT2D eigenvalue weighted by Crippen LogP contribution is -2.39. The van der Waals surface area contributed by atoms with Gasteiger partial charge in [-0.3, -0.25) is 0 Å². The summed E-state index contributed by atoms with van der Waals surface area (Å²) >= 11 is 6.16. The van der Waals surface area contributed by atoms with Crippen molar-refractivity contribution in [3.63, 3.8) is 0 Å². The molecule has 106 valence electrons. The van der Waals surface area contributed by atoms with Gasteiger partial charge in [0.1, 0.15) is 0 Å². The summed E-state index contributed by atoms with van der Waals surface area (Å²) in [6.45, 7) is 2.34. The fourth-order valence-corrected chi connectivity index (χ4v) is 3.55. The second-order valence-corrected chi connectivity index (χ2v) is 6.16. The molecule has 0 bridgehead atoms. The molecule has 20 heavy (non-hydrogen) atoms. The zero-order chi connectivity index (χ0) is 14.1. The molecule has 0 saturated heterocycles. The summed E-state index contributed by atoms with van der Waals surface area (Å²) in [7, 11) is 2.14. The monoisotopic (exact) mass is 289 g/mol. The summed E-state index contributed by atoms with van der Waals surface area (Å²) in [6, 6.07) is 8.65. The highest BCUT2D eigenvalue weighted by atomic mass is 35.5. The predicted molar refractivity (Wildman–Crippen MR) is 84.4 cm³/mol. The third kappa shape index (κ3) is 2.35. The van der Waals surface area contributed by atoms with Crippen LogP contribution in [0.1, 0.15) is 32.6 Å². The lowest BCUT2D eigenvalue weighted by atomic mass is 9.85. The quantitative estimate of drug-likeness (QED) is 0.825. The highest BCUT2D eigenvalue weighted by Gasteiger charge is 2.27. The molecular weight excluding hydrogens is 270 g/mol. The van der Waals surface area contributed by atoms with Crippen LogP contribution in [-0.2, 0) is 0 Å². The van der Waals surface area contributed by atoms with Crippen LogP contribution in [0.3, 0.4) is 0 Å². The van der Waals surface area contributed by atoms with Gasteiger partial charge in [0.05, 0.1) is 0 Å². The molecule has 4 heteroatoms. The molecule has 0 radical (unpaired) electrons. The molecular formula is C16H20ClN3. The van der Waals surface area contributed by atoms with Gasteiger partial charge in [-0.15, -0.1) is 10.2 Å². The standard InChI is InChI=1S/C16H20ClN3/c1-11-7-3-6-10-14(11)20(2)16-13-9-5-4-8-12(13)15(17)18-19-16/h4-5,8-9,11,14H,3,6-7,10H2,1-2H3. The van der Waals surface area contributed by atoms with E-state index in [4.69, 9.17) is 11.6 Å². The number of hydrogen-bond acceptors (Lipinski definition) is 3. The Morgan fingerprint density at radius 2 is 1.80 bits per heavy atom. The smallest absolute Gasteiger partial charge is 0.159 e. The van der Waals surface area contributed by atoms with E-state index in [-0.39, 0.29) is 0 Å². The van der Waals surface area contributed by atoms with Gasteiger partial charge in [0, 0.05) is 23.9 Å². The summed E-state index contributed by atoms with van der Waals surface area (Å²) in [4.78, 5) is 2.30. The Balaban J connectivity index is 2.03. The van der Waals surface area contributed by atoms with E-state index >= 15 is 0 Å². The van der Waals surface area contributed by atoms with Crippen LogP contribution in [0.25, 0.3) is 10.8 Å². The van der Waals surface area contributed by atoms with Gasteiger partial charge in [-0.25, -0.2) is 0 Å². The Bertz CT molecular complexity index is 614.